The third kappa shape index (κ3) is 3.58. The van der Waals surface area contributed by atoms with Crippen molar-refractivity contribution in [3.63, 3.8) is 0 Å². The van der Waals surface area contributed by atoms with Gasteiger partial charge < -0.3 is 9.88 Å². The zero-order valence-electron chi connectivity index (χ0n) is 19.5. The summed E-state index contributed by atoms with van der Waals surface area (Å²) in [4.78, 5) is 29.7. The maximum Gasteiger partial charge on any atom is 0.275 e. The third-order valence-corrected chi connectivity index (χ3v) is 8.92. The molecule has 1 saturated carbocycles. The Hall–Kier alpha value is -2.31. The molecule has 0 unspecified atom stereocenters. The number of aryl methyl sites for hydroxylation is 1. The minimum absolute atomic E-state index is 0.107. The maximum absolute atomic E-state index is 14.0. The molecule has 1 aromatic carbocycles. The highest BCUT2D eigenvalue weighted by Crippen LogP contribution is 2.39. The van der Waals surface area contributed by atoms with Crippen LogP contribution in [0.15, 0.2) is 35.7 Å². The Balaban J connectivity index is 1.61. The number of carbonyl (C=O) groups is 2. The first-order chi connectivity index (χ1) is 15.7. The lowest BCUT2D eigenvalue weighted by atomic mass is 9.77. The van der Waals surface area contributed by atoms with E-state index in [9.17, 15) is 9.59 Å². The molecule has 1 aliphatic heterocycles. The van der Waals surface area contributed by atoms with Gasteiger partial charge in [-0.1, -0.05) is 44.4 Å². The average Bonchev–Trinajstić information content (AvgIpc) is 3.36. The molecule has 5 nitrogen and oxygen atoms in total. The number of nitrogens with one attached hydrogen (secondary N) is 1. The molecule has 4 atom stereocenters. The molecule has 5 rings (SSSR count). The molecular formula is C26H30ClN3O2S. The van der Waals surface area contributed by atoms with E-state index >= 15 is 0 Å². The van der Waals surface area contributed by atoms with E-state index in [1.165, 1.54) is 6.42 Å². The summed E-state index contributed by atoms with van der Waals surface area (Å²) in [5.74, 6) is 0.692. The van der Waals surface area contributed by atoms with Gasteiger partial charge in [-0.15, -0.1) is 11.3 Å². The quantitative estimate of drug-likeness (QED) is 0.494. The third-order valence-electron chi connectivity index (χ3n) is 7.83. The number of amides is 2. The van der Waals surface area contributed by atoms with Gasteiger partial charge in [0, 0.05) is 16.8 Å². The van der Waals surface area contributed by atoms with Crippen molar-refractivity contribution in [2.75, 3.05) is 4.90 Å². The lowest BCUT2D eigenvalue weighted by Gasteiger charge is -2.46. The molecule has 1 N–H and O–H groups in total. The maximum atomic E-state index is 14.0. The minimum atomic E-state index is -1.09. The minimum Gasteiger partial charge on any atom is -0.351 e. The van der Waals surface area contributed by atoms with Gasteiger partial charge in [0.15, 0.2) is 0 Å². The normalized spacial score (nSPS) is 27.6. The van der Waals surface area contributed by atoms with Crippen molar-refractivity contribution >= 4 is 50.7 Å². The van der Waals surface area contributed by atoms with Gasteiger partial charge in [-0.25, -0.2) is 0 Å². The van der Waals surface area contributed by atoms with Crippen LogP contribution in [-0.4, -0.2) is 28.0 Å². The Morgan fingerprint density at radius 3 is 2.79 bits per heavy atom. The molecule has 2 amide bonds. The molecule has 7 heteroatoms. The summed E-state index contributed by atoms with van der Waals surface area (Å²) in [5, 5.41) is 5.92. The number of aromatic nitrogens is 1. The van der Waals surface area contributed by atoms with Crippen LogP contribution in [0.2, 0.25) is 5.02 Å². The largest absolute Gasteiger partial charge is 0.351 e. The van der Waals surface area contributed by atoms with Crippen LogP contribution in [0.25, 0.3) is 10.2 Å². The van der Waals surface area contributed by atoms with Crippen LogP contribution in [0.1, 0.15) is 56.1 Å². The van der Waals surface area contributed by atoms with Crippen molar-refractivity contribution in [1.82, 2.24) is 9.88 Å². The number of hydrogen-bond acceptors (Lipinski definition) is 3. The summed E-state index contributed by atoms with van der Waals surface area (Å²) in [6, 6.07) is 9.60. The van der Waals surface area contributed by atoms with Crippen LogP contribution >= 0.6 is 22.9 Å². The Morgan fingerprint density at radius 1 is 1.21 bits per heavy atom. The molecule has 3 aromatic rings. The highest BCUT2D eigenvalue weighted by Gasteiger charge is 2.50. The topological polar surface area (TPSA) is 54.3 Å². The molecule has 0 spiro atoms. The van der Waals surface area contributed by atoms with E-state index in [-0.39, 0.29) is 17.9 Å². The number of fused-ring (bicyclic) bond motifs is 3. The number of carbonyl (C=O) groups excluding carboxylic acids is 2. The molecule has 0 saturated heterocycles. The van der Waals surface area contributed by atoms with E-state index in [0.29, 0.717) is 34.8 Å². The molecule has 2 aromatic heterocycles. The lowest BCUT2D eigenvalue weighted by Crippen LogP contribution is -2.66. The predicted molar refractivity (Wildman–Crippen MR) is 135 cm³/mol. The first kappa shape index (κ1) is 22.5. The molecule has 1 fully saturated rings. The van der Waals surface area contributed by atoms with E-state index in [4.69, 9.17) is 11.6 Å². The highest BCUT2D eigenvalue weighted by molar-refractivity contribution is 7.17. The number of rotatable bonds is 3. The van der Waals surface area contributed by atoms with Crippen LogP contribution in [0, 0.1) is 18.8 Å². The van der Waals surface area contributed by atoms with E-state index in [0.717, 1.165) is 28.6 Å². The Kier molecular flexibility index (Phi) is 5.57. The van der Waals surface area contributed by atoms with E-state index in [1.54, 1.807) is 22.3 Å². The second kappa shape index (κ2) is 8.17. The van der Waals surface area contributed by atoms with Crippen molar-refractivity contribution in [2.24, 2.45) is 11.8 Å². The Morgan fingerprint density at radius 2 is 2.00 bits per heavy atom. The van der Waals surface area contributed by atoms with Gasteiger partial charge in [0.25, 0.3) is 5.91 Å². The zero-order chi connectivity index (χ0) is 23.5. The average molecular weight is 484 g/mol. The monoisotopic (exact) mass is 483 g/mol. The van der Waals surface area contributed by atoms with Crippen molar-refractivity contribution in [3.8, 4) is 0 Å². The van der Waals surface area contributed by atoms with Crippen molar-refractivity contribution in [3.05, 3.63) is 52.0 Å². The first-order valence-corrected chi connectivity index (χ1v) is 12.9. The fraction of sp³-hybridized carbons (Fsp3) is 0.462. The van der Waals surface area contributed by atoms with Crippen molar-refractivity contribution in [2.45, 2.75) is 65.1 Å². The fourth-order valence-electron chi connectivity index (χ4n) is 5.52. The molecule has 3 heterocycles. The number of benzene rings is 1. The smallest absolute Gasteiger partial charge is 0.275 e. The summed E-state index contributed by atoms with van der Waals surface area (Å²) in [6.07, 6.45) is 3.28. The second-order valence-corrected chi connectivity index (χ2v) is 11.4. The molecule has 0 bridgehead atoms. The first-order valence-electron chi connectivity index (χ1n) is 11.7. The van der Waals surface area contributed by atoms with Gasteiger partial charge in [-0.2, -0.15) is 0 Å². The predicted octanol–water partition coefficient (Wildman–Crippen LogP) is 6.02. The number of nitrogens with zero attached hydrogens (tertiary/aromatic N) is 2. The van der Waals surface area contributed by atoms with Crippen molar-refractivity contribution in [1.29, 1.82) is 0 Å². The summed E-state index contributed by atoms with van der Waals surface area (Å²) in [5.41, 5.74) is 2.12. The van der Waals surface area contributed by atoms with Gasteiger partial charge in [-0.05, 0) is 67.3 Å². The molecular weight excluding hydrogens is 454 g/mol. The SMILES string of the molecule is Cc1ccc(Cl)cc1N1C(=O)c2cc3sccc3n2C[C@]1(C)C(=O)N[C@@H]1CCC[C@@H](C)[C@H]1C. The van der Waals surface area contributed by atoms with Crippen LogP contribution in [-0.2, 0) is 11.3 Å². The summed E-state index contributed by atoms with van der Waals surface area (Å²) in [7, 11) is 0. The molecule has 174 valence electrons. The van der Waals surface area contributed by atoms with Gasteiger partial charge in [0.2, 0.25) is 5.91 Å². The zero-order valence-corrected chi connectivity index (χ0v) is 21.1. The van der Waals surface area contributed by atoms with Crippen LogP contribution in [0.5, 0.6) is 0 Å². The van der Waals surface area contributed by atoms with Gasteiger partial charge in [0.05, 0.1) is 16.8 Å². The van der Waals surface area contributed by atoms with Crippen molar-refractivity contribution < 1.29 is 9.59 Å². The molecule has 1 aliphatic carbocycles. The van der Waals surface area contributed by atoms with Crippen LogP contribution in [0.4, 0.5) is 5.69 Å². The number of anilines is 1. The summed E-state index contributed by atoms with van der Waals surface area (Å²) >= 11 is 7.96. The summed E-state index contributed by atoms with van der Waals surface area (Å²) in [6.45, 7) is 8.71. The van der Waals surface area contributed by atoms with E-state index < -0.39 is 5.54 Å². The van der Waals surface area contributed by atoms with Crippen LogP contribution in [0.3, 0.4) is 0 Å². The Bertz CT molecular complexity index is 1250. The second-order valence-electron chi connectivity index (χ2n) is 9.98. The number of halogens is 1. The van der Waals surface area contributed by atoms with E-state index in [2.05, 4.69) is 19.2 Å². The molecule has 33 heavy (non-hydrogen) atoms. The van der Waals surface area contributed by atoms with Crippen LogP contribution < -0.4 is 10.2 Å². The van der Waals surface area contributed by atoms with Gasteiger partial charge >= 0.3 is 0 Å². The molecule has 2 aliphatic rings. The number of hydrogen-bond donors (Lipinski definition) is 1. The lowest BCUT2D eigenvalue weighted by molar-refractivity contribution is -0.128. The standard InChI is InChI=1S/C26H30ClN3O2S/c1-15-6-5-7-19(17(15)3)28-25(32)26(4)14-29-20-10-11-33-23(20)13-22(29)24(31)30(26)21-12-18(27)9-8-16(21)2/h8-13,15,17,19H,5-7,14H2,1-4H3,(H,28,32)/t15-,17-,19-,26-/m1/s1. The fourth-order valence-corrected chi connectivity index (χ4v) is 6.51. The number of thiophene rings is 1. The van der Waals surface area contributed by atoms with E-state index in [1.807, 2.05) is 48.1 Å². The van der Waals surface area contributed by atoms with Gasteiger partial charge in [0.1, 0.15) is 11.2 Å². The van der Waals surface area contributed by atoms with Gasteiger partial charge in [-0.3, -0.25) is 14.5 Å². The molecule has 0 radical (unpaired) electrons. The highest BCUT2D eigenvalue weighted by atomic mass is 35.5. The summed E-state index contributed by atoms with van der Waals surface area (Å²) < 4.78 is 3.07. The Labute approximate surface area is 203 Å².